The third kappa shape index (κ3) is 3.11. The van der Waals surface area contributed by atoms with Gasteiger partial charge in [-0.05, 0) is 67.8 Å². The van der Waals surface area contributed by atoms with E-state index in [9.17, 15) is 9.59 Å². The van der Waals surface area contributed by atoms with Crippen LogP contribution >= 0.6 is 0 Å². The second-order valence-electron chi connectivity index (χ2n) is 8.90. The first-order chi connectivity index (χ1) is 10.6. The van der Waals surface area contributed by atoms with E-state index < -0.39 is 41.5 Å². The zero-order chi connectivity index (χ0) is 18.7. The fourth-order valence-electron chi connectivity index (χ4n) is 2.73. The SMILES string of the molecule is CC(C)(C)OC(=O)N1C(=O)C=C(B2OC(C)(C)C(C)(C)O2)C1(C)C. The van der Waals surface area contributed by atoms with Crippen molar-refractivity contribution < 1.29 is 23.6 Å². The fourth-order valence-corrected chi connectivity index (χ4v) is 2.73. The van der Waals surface area contributed by atoms with E-state index in [1.165, 1.54) is 6.08 Å². The predicted molar refractivity (Wildman–Crippen MR) is 91.3 cm³/mol. The Kier molecular flexibility index (Phi) is 4.22. The van der Waals surface area contributed by atoms with Crippen molar-refractivity contribution in [2.24, 2.45) is 0 Å². The van der Waals surface area contributed by atoms with E-state index in [4.69, 9.17) is 14.0 Å². The minimum atomic E-state index is -0.888. The number of amides is 2. The van der Waals surface area contributed by atoms with Crippen LogP contribution in [0.2, 0.25) is 0 Å². The van der Waals surface area contributed by atoms with Crippen LogP contribution < -0.4 is 0 Å². The van der Waals surface area contributed by atoms with Crippen LogP contribution in [0.1, 0.15) is 62.3 Å². The standard InChI is InChI=1S/C17H28BNO5/c1-14(2,3)22-13(21)19-12(20)10-11(15(19,4)5)18-23-16(6,7)17(8,9)24-18/h10H,1-9H3. The number of hydrogen-bond donors (Lipinski definition) is 0. The third-order valence-corrected chi connectivity index (χ3v) is 4.85. The van der Waals surface area contributed by atoms with Crippen molar-refractivity contribution in [2.45, 2.75) is 84.7 Å². The van der Waals surface area contributed by atoms with Crippen molar-refractivity contribution in [3.8, 4) is 0 Å². The summed E-state index contributed by atoms with van der Waals surface area (Å²) in [6, 6.07) is 0. The highest BCUT2D eigenvalue weighted by atomic mass is 16.7. The Hall–Kier alpha value is -1.34. The van der Waals surface area contributed by atoms with Crippen molar-refractivity contribution in [2.75, 3.05) is 0 Å². The van der Waals surface area contributed by atoms with Gasteiger partial charge in [0, 0.05) is 6.08 Å². The molecule has 0 N–H and O–H groups in total. The Morgan fingerprint density at radius 2 is 1.54 bits per heavy atom. The number of carbonyl (C=O) groups is 2. The van der Waals surface area contributed by atoms with Gasteiger partial charge in [-0.1, -0.05) is 0 Å². The summed E-state index contributed by atoms with van der Waals surface area (Å²) in [5.74, 6) is -0.418. The summed E-state index contributed by atoms with van der Waals surface area (Å²) in [6.07, 6.45) is 0.756. The summed E-state index contributed by atoms with van der Waals surface area (Å²) in [4.78, 5) is 26.0. The Morgan fingerprint density at radius 1 is 1.08 bits per heavy atom. The summed E-state index contributed by atoms with van der Waals surface area (Å²) in [6.45, 7) is 16.7. The molecule has 2 heterocycles. The van der Waals surface area contributed by atoms with Gasteiger partial charge < -0.3 is 14.0 Å². The van der Waals surface area contributed by atoms with Gasteiger partial charge in [0.1, 0.15) is 5.60 Å². The summed E-state index contributed by atoms with van der Waals surface area (Å²) in [7, 11) is -0.679. The average Bonchev–Trinajstić information content (AvgIpc) is 2.66. The van der Waals surface area contributed by atoms with Gasteiger partial charge in [0.05, 0.1) is 16.7 Å². The van der Waals surface area contributed by atoms with Crippen LogP contribution in [0, 0.1) is 0 Å². The van der Waals surface area contributed by atoms with Gasteiger partial charge in [0.2, 0.25) is 0 Å². The molecule has 0 spiro atoms. The minimum absolute atomic E-state index is 0.418. The Morgan fingerprint density at radius 3 is 1.96 bits per heavy atom. The highest BCUT2D eigenvalue weighted by molar-refractivity contribution is 6.56. The van der Waals surface area contributed by atoms with Crippen molar-refractivity contribution in [1.82, 2.24) is 4.90 Å². The highest BCUT2D eigenvalue weighted by Crippen LogP contribution is 2.43. The maximum atomic E-state index is 12.5. The van der Waals surface area contributed by atoms with Crippen LogP contribution in [0.4, 0.5) is 4.79 Å². The minimum Gasteiger partial charge on any atom is -0.443 e. The molecule has 0 atom stereocenters. The van der Waals surface area contributed by atoms with Crippen molar-refractivity contribution in [3.05, 3.63) is 11.5 Å². The summed E-state index contributed by atoms with van der Waals surface area (Å²) < 4.78 is 17.5. The molecule has 2 rings (SSSR count). The molecular formula is C17H28BNO5. The van der Waals surface area contributed by atoms with Crippen LogP contribution in [-0.2, 0) is 18.8 Å². The summed E-state index contributed by atoms with van der Waals surface area (Å²) in [5.41, 5.74) is -1.98. The zero-order valence-electron chi connectivity index (χ0n) is 16.1. The van der Waals surface area contributed by atoms with Crippen molar-refractivity contribution >= 4 is 19.1 Å². The lowest BCUT2D eigenvalue weighted by molar-refractivity contribution is -0.127. The smallest absolute Gasteiger partial charge is 0.443 e. The van der Waals surface area contributed by atoms with Gasteiger partial charge in [0.25, 0.3) is 5.91 Å². The first-order valence-electron chi connectivity index (χ1n) is 8.23. The van der Waals surface area contributed by atoms with Gasteiger partial charge in [0.15, 0.2) is 0 Å². The summed E-state index contributed by atoms with van der Waals surface area (Å²) in [5, 5.41) is 0. The first-order valence-corrected chi connectivity index (χ1v) is 8.23. The Bertz CT molecular complexity index is 585. The number of rotatable bonds is 1. The molecule has 0 bridgehead atoms. The molecule has 0 radical (unpaired) electrons. The third-order valence-electron chi connectivity index (χ3n) is 4.85. The van der Waals surface area contributed by atoms with E-state index in [1.807, 2.05) is 27.7 Å². The number of nitrogens with zero attached hydrogens (tertiary/aromatic N) is 1. The molecule has 2 amide bonds. The second kappa shape index (κ2) is 5.33. The van der Waals surface area contributed by atoms with E-state index in [2.05, 4.69) is 0 Å². The number of hydrogen-bond acceptors (Lipinski definition) is 5. The number of ether oxygens (including phenoxy) is 1. The van der Waals surface area contributed by atoms with Crippen molar-refractivity contribution in [3.63, 3.8) is 0 Å². The molecule has 0 unspecified atom stereocenters. The Balaban J connectivity index is 2.28. The quantitative estimate of drug-likeness (QED) is 0.688. The number of carbonyl (C=O) groups excluding carboxylic acids is 2. The molecule has 0 aromatic carbocycles. The van der Waals surface area contributed by atoms with Gasteiger partial charge >= 0.3 is 13.2 Å². The normalized spacial score (nSPS) is 25.0. The van der Waals surface area contributed by atoms with Crippen LogP contribution in [0.3, 0.4) is 0 Å². The van der Waals surface area contributed by atoms with E-state index in [0.29, 0.717) is 5.47 Å². The van der Waals surface area contributed by atoms with E-state index in [1.54, 1.807) is 34.6 Å². The van der Waals surface area contributed by atoms with Crippen LogP contribution in [0.25, 0.3) is 0 Å². The molecule has 0 aromatic heterocycles. The van der Waals surface area contributed by atoms with Gasteiger partial charge in [-0.15, -0.1) is 0 Å². The summed E-state index contributed by atoms with van der Waals surface area (Å²) >= 11 is 0. The molecule has 2 aliphatic heterocycles. The van der Waals surface area contributed by atoms with Crippen molar-refractivity contribution in [1.29, 1.82) is 0 Å². The topological polar surface area (TPSA) is 65.1 Å². The van der Waals surface area contributed by atoms with E-state index in [0.717, 1.165) is 4.90 Å². The maximum absolute atomic E-state index is 12.5. The van der Waals surface area contributed by atoms with E-state index >= 15 is 0 Å². The molecular weight excluding hydrogens is 309 g/mol. The maximum Gasteiger partial charge on any atom is 0.493 e. The average molecular weight is 337 g/mol. The molecule has 0 saturated carbocycles. The molecule has 0 aromatic rings. The molecule has 134 valence electrons. The van der Waals surface area contributed by atoms with E-state index in [-0.39, 0.29) is 0 Å². The highest BCUT2D eigenvalue weighted by Gasteiger charge is 2.58. The first kappa shape index (κ1) is 19.0. The largest absolute Gasteiger partial charge is 0.493 e. The lowest BCUT2D eigenvalue weighted by Crippen LogP contribution is -2.51. The molecule has 0 aliphatic carbocycles. The monoisotopic (exact) mass is 337 g/mol. The second-order valence-corrected chi connectivity index (χ2v) is 8.90. The Labute approximate surface area is 144 Å². The molecule has 1 fully saturated rings. The molecule has 24 heavy (non-hydrogen) atoms. The lowest BCUT2D eigenvalue weighted by atomic mass is 9.69. The fraction of sp³-hybridized carbons (Fsp3) is 0.765. The predicted octanol–water partition coefficient (Wildman–Crippen LogP) is 3.10. The molecule has 6 nitrogen and oxygen atoms in total. The molecule has 2 aliphatic rings. The van der Waals surface area contributed by atoms with Crippen LogP contribution in [-0.4, -0.2) is 46.4 Å². The lowest BCUT2D eigenvalue weighted by Gasteiger charge is -2.34. The molecule has 1 saturated heterocycles. The molecule has 7 heteroatoms. The zero-order valence-corrected chi connectivity index (χ0v) is 16.1. The van der Waals surface area contributed by atoms with Gasteiger partial charge in [-0.2, -0.15) is 0 Å². The van der Waals surface area contributed by atoms with Crippen LogP contribution in [0.15, 0.2) is 11.5 Å². The number of imide groups is 1. The van der Waals surface area contributed by atoms with Gasteiger partial charge in [-0.25, -0.2) is 9.69 Å². The van der Waals surface area contributed by atoms with Crippen LogP contribution in [0.5, 0.6) is 0 Å². The van der Waals surface area contributed by atoms with Gasteiger partial charge in [-0.3, -0.25) is 4.79 Å².